The first-order chi connectivity index (χ1) is 10.3. The normalized spacial score (nSPS) is 17.7. The van der Waals surface area contributed by atoms with Gasteiger partial charge < -0.3 is 5.11 Å². The third-order valence-corrected chi connectivity index (χ3v) is 6.12. The second-order valence-corrected chi connectivity index (χ2v) is 8.20. The SMILES string of the molecule is CC[C@H](C)[C@H](NS(=O)(=O)c1ccccc1)C(O)(CC)CCBr. The zero-order valence-electron chi connectivity index (χ0n) is 13.4. The Morgan fingerprint density at radius 3 is 2.32 bits per heavy atom. The van der Waals surface area contributed by atoms with E-state index >= 15 is 0 Å². The van der Waals surface area contributed by atoms with E-state index in [9.17, 15) is 13.5 Å². The predicted octanol–water partition coefficient (Wildman–Crippen LogP) is 3.31. The molecular formula is C16H26BrNO3S. The Morgan fingerprint density at radius 1 is 1.27 bits per heavy atom. The Bertz CT molecular complexity index is 550. The Labute approximate surface area is 142 Å². The number of aliphatic hydroxyl groups is 1. The largest absolute Gasteiger partial charge is 0.388 e. The molecule has 0 fully saturated rings. The van der Waals surface area contributed by atoms with Gasteiger partial charge in [0, 0.05) is 5.33 Å². The lowest BCUT2D eigenvalue weighted by molar-refractivity contribution is -0.0148. The number of benzene rings is 1. The van der Waals surface area contributed by atoms with E-state index < -0.39 is 21.7 Å². The van der Waals surface area contributed by atoms with Gasteiger partial charge in [0.2, 0.25) is 10.0 Å². The third-order valence-electron chi connectivity index (χ3n) is 4.27. The van der Waals surface area contributed by atoms with Gasteiger partial charge in [0.05, 0.1) is 16.5 Å². The highest BCUT2D eigenvalue weighted by Gasteiger charge is 2.40. The molecule has 1 rings (SSSR count). The van der Waals surface area contributed by atoms with Crippen LogP contribution in [0, 0.1) is 5.92 Å². The first kappa shape index (κ1) is 19.6. The zero-order chi connectivity index (χ0) is 16.8. The van der Waals surface area contributed by atoms with Crippen molar-refractivity contribution in [3.63, 3.8) is 0 Å². The van der Waals surface area contributed by atoms with Crippen molar-refractivity contribution in [2.45, 2.75) is 56.6 Å². The first-order valence-electron chi connectivity index (χ1n) is 7.66. The summed E-state index contributed by atoms with van der Waals surface area (Å²) in [7, 11) is -3.65. The highest BCUT2D eigenvalue weighted by Crippen LogP contribution is 2.29. The number of hydrogen-bond donors (Lipinski definition) is 2. The van der Waals surface area contributed by atoms with Crippen molar-refractivity contribution in [1.82, 2.24) is 4.72 Å². The van der Waals surface area contributed by atoms with Gasteiger partial charge in [0.15, 0.2) is 0 Å². The van der Waals surface area contributed by atoms with Crippen LogP contribution in [-0.4, -0.2) is 30.5 Å². The number of alkyl halides is 1. The summed E-state index contributed by atoms with van der Waals surface area (Å²) in [5.41, 5.74) is -1.07. The van der Waals surface area contributed by atoms with E-state index in [1.165, 1.54) is 0 Å². The van der Waals surface area contributed by atoms with Gasteiger partial charge in [-0.25, -0.2) is 13.1 Å². The lowest BCUT2D eigenvalue weighted by atomic mass is 9.81. The molecule has 1 aromatic rings. The molecule has 1 aromatic carbocycles. The van der Waals surface area contributed by atoms with Crippen LogP contribution in [0.5, 0.6) is 0 Å². The van der Waals surface area contributed by atoms with Crippen molar-refractivity contribution in [2.75, 3.05) is 5.33 Å². The Hall–Kier alpha value is -0.430. The van der Waals surface area contributed by atoms with Crippen LogP contribution in [0.4, 0.5) is 0 Å². The number of hydrogen-bond acceptors (Lipinski definition) is 3. The van der Waals surface area contributed by atoms with Crippen LogP contribution >= 0.6 is 15.9 Å². The number of sulfonamides is 1. The standard InChI is InChI=1S/C16H26BrNO3S/c1-4-13(3)15(16(19,5-2)11-12-17)18-22(20,21)14-9-7-6-8-10-14/h6-10,13,15,18-19H,4-5,11-12H2,1-3H3/t13-,15-,16?/m0/s1. The fourth-order valence-corrected chi connectivity index (χ4v) is 4.67. The fraction of sp³-hybridized carbons (Fsp3) is 0.625. The van der Waals surface area contributed by atoms with Gasteiger partial charge in [-0.3, -0.25) is 0 Å². The molecule has 0 amide bonds. The molecule has 6 heteroatoms. The average Bonchev–Trinajstić information content (AvgIpc) is 2.53. The van der Waals surface area contributed by atoms with Crippen molar-refractivity contribution in [3.05, 3.63) is 30.3 Å². The first-order valence-corrected chi connectivity index (χ1v) is 10.3. The van der Waals surface area contributed by atoms with E-state index in [2.05, 4.69) is 20.7 Å². The number of nitrogens with one attached hydrogen (secondary N) is 1. The molecule has 0 aliphatic rings. The molecule has 4 nitrogen and oxygen atoms in total. The third kappa shape index (κ3) is 4.78. The highest BCUT2D eigenvalue weighted by molar-refractivity contribution is 9.09. The molecule has 126 valence electrons. The van der Waals surface area contributed by atoms with E-state index in [1.807, 2.05) is 20.8 Å². The molecule has 0 heterocycles. The average molecular weight is 392 g/mol. The maximum absolute atomic E-state index is 12.6. The van der Waals surface area contributed by atoms with Crippen LogP contribution in [0.3, 0.4) is 0 Å². The van der Waals surface area contributed by atoms with E-state index in [-0.39, 0.29) is 10.8 Å². The summed E-state index contributed by atoms with van der Waals surface area (Å²) in [4.78, 5) is 0.223. The van der Waals surface area contributed by atoms with E-state index in [0.717, 1.165) is 6.42 Å². The maximum Gasteiger partial charge on any atom is 0.240 e. The van der Waals surface area contributed by atoms with E-state index in [1.54, 1.807) is 30.3 Å². The second-order valence-electron chi connectivity index (χ2n) is 5.69. The smallest absolute Gasteiger partial charge is 0.240 e. The molecule has 22 heavy (non-hydrogen) atoms. The summed E-state index contributed by atoms with van der Waals surface area (Å²) in [6.07, 6.45) is 1.77. The molecule has 3 atom stereocenters. The monoisotopic (exact) mass is 391 g/mol. The minimum atomic E-state index is -3.65. The van der Waals surface area contributed by atoms with E-state index in [0.29, 0.717) is 18.2 Å². The highest BCUT2D eigenvalue weighted by atomic mass is 79.9. The van der Waals surface area contributed by atoms with Crippen LogP contribution in [0.2, 0.25) is 0 Å². The Kier molecular flexibility index (Phi) is 7.52. The number of rotatable bonds is 9. The van der Waals surface area contributed by atoms with Crippen molar-refractivity contribution < 1.29 is 13.5 Å². The fourth-order valence-electron chi connectivity index (χ4n) is 2.54. The van der Waals surface area contributed by atoms with Crippen LogP contribution in [0.1, 0.15) is 40.0 Å². The quantitative estimate of drug-likeness (QED) is 0.634. The molecule has 0 bridgehead atoms. The summed E-state index contributed by atoms with van der Waals surface area (Å²) < 4.78 is 27.9. The van der Waals surface area contributed by atoms with Gasteiger partial charge in [0.25, 0.3) is 0 Å². The lowest BCUT2D eigenvalue weighted by Gasteiger charge is -2.39. The van der Waals surface area contributed by atoms with Gasteiger partial charge in [-0.15, -0.1) is 0 Å². The summed E-state index contributed by atoms with van der Waals surface area (Å²) in [5, 5.41) is 11.6. The summed E-state index contributed by atoms with van der Waals surface area (Å²) in [6.45, 7) is 5.85. The van der Waals surface area contributed by atoms with Crippen molar-refractivity contribution in [3.8, 4) is 0 Å². The molecule has 1 unspecified atom stereocenters. The van der Waals surface area contributed by atoms with Gasteiger partial charge >= 0.3 is 0 Å². The predicted molar refractivity (Wildman–Crippen MR) is 93.7 cm³/mol. The molecule has 0 spiro atoms. The zero-order valence-corrected chi connectivity index (χ0v) is 15.8. The molecular weight excluding hydrogens is 366 g/mol. The molecule has 0 saturated heterocycles. The number of halogens is 1. The molecule has 0 radical (unpaired) electrons. The van der Waals surface area contributed by atoms with Crippen molar-refractivity contribution in [2.24, 2.45) is 5.92 Å². The topological polar surface area (TPSA) is 66.4 Å². The van der Waals surface area contributed by atoms with Gasteiger partial charge in [0.1, 0.15) is 0 Å². The maximum atomic E-state index is 12.6. The van der Waals surface area contributed by atoms with Crippen LogP contribution in [0.25, 0.3) is 0 Å². The minimum Gasteiger partial charge on any atom is -0.388 e. The molecule has 0 saturated carbocycles. The summed E-state index contributed by atoms with van der Waals surface area (Å²) in [6, 6.07) is 7.76. The van der Waals surface area contributed by atoms with Gasteiger partial charge in [-0.1, -0.05) is 61.3 Å². The van der Waals surface area contributed by atoms with E-state index in [4.69, 9.17) is 0 Å². The molecule has 2 N–H and O–H groups in total. The Balaban J connectivity index is 3.14. The van der Waals surface area contributed by atoms with Gasteiger partial charge in [-0.2, -0.15) is 0 Å². The summed E-state index contributed by atoms with van der Waals surface area (Å²) >= 11 is 3.35. The van der Waals surface area contributed by atoms with Crippen molar-refractivity contribution in [1.29, 1.82) is 0 Å². The van der Waals surface area contributed by atoms with Crippen LogP contribution < -0.4 is 4.72 Å². The molecule has 0 aliphatic heterocycles. The lowest BCUT2D eigenvalue weighted by Crippen LogP contribution is -2.55. The minimum absolute atomic E-state index is 0.0301. The van der Waals surface area contributed by atoms with Gasteiger partial charge in [-0.05, 0) is 30.9 Å². The second kappa shape index (κ2) is 8.43. The molecule has 0 aliphatic carbocycles. The van der Waals surface area contributed by atoms with Crippen LogP contribution in [0.15, 0.2) is 35.2 Å². The summed E-state index contributed by atoms with van der Waals surface area (Å²) in [5.74, 6) is 0.0301. The van der Waals surface area contributed by atoms with Crippen LogP contribution in [-0.2, 0) is 10.0 Å². The molecule has 0 aromatic heterocycles. The Morgan fingerprint density at radius 2 is 1.86 bits per heavy atom. The van der Waals surface area contributed by atoms with Crippen molar-refractivity contribution >= 4 is 26.0 Å².